The van der Waals surface area contributed by atoms with Crippen molar-refractivity contribution in [2.75, 3.05) is 6.61 Å². The first kappa shape index (κ1) is 15.1. The Bertz CT molecular complexity index is 840. The summed E-state index contributed by atoms with van der Waals surface area (Å²) in [7, 11) is 0. The van der Waals surface area contributed by atoms with E-state index in [9.17, 15) is 0 Å². The Morgan fingerprint density at radius 3 is 2.86 bits per heavy atom. The minimum atomic E-state index is -0.321. The summed E-state index contributed by atoms with van der Waals surface area (Å²) in [6, 6.07) is 11.3. The summed E-state index contributed by atoms with van der Waals surface area (Å²) in [6.45, 7) is 4.30. The molecule has 0 spiro atoms. The first-order valence-electron chi connectivity index (χ1n) is 7.04. The monoisotopic (exact) mass is 334 g/mol. The van der Waals surface area contributed by atoms with Crippen LogP contribution in [0.2, 0.25) is 5.02 Å². The second kappa shape index (κ2) is 6.15. The quantitative estimate of drug-likeness (QED) is 0.600. The van der Waals surface area contributed by atoms with Gasteiger partial charge < -0.3 is 13.9 Å². The Morgan fingerprint density at radius 1 is 1.27 bits per heavy atom. The van der Waals surface area contributed by atoms with Gasteiger partial charge in [-0.15, -0.1) is 0 Å². The Labute approximate surface area is 138 Å². The Balaban J connectivity index is 2.06. The third-order valence-corrected chi connectivity index (χ3v) is 4.03. The van der Waals surface area contributed by atoms with Gasteiger partial charge in [-0.05, 0) is 50.3 Å². The summed E-state index contributed by atoms with van der Waals surface area (Å²) in [4.78, 5) is 0. The summed E-state index contributed by atoms with van der Waals surface area (Å²) in [5.74, 6) is 0.716. The van der Waals surface area contributed by atoms with Crippen molar-refractivity contribution in [2.24, 2.45) is 0 Å². The third-order valence-electron chi connectivity index (χ3n) is 3.34. The number of fused-ring (bicyclic) bond motifs is 3. The molecular weight excluding hydrogens is 320 g/mol. The van der Waals surface area contributed by atoms with Crippen LogP contribution in [0.25, 0.3) is 21.9 Å². The van der Waals surface area contributed by atoms with Crippen LogP contribution in [0.5, 0.6) is 5.75 Å². The Hall–Kier alpha value is -1.78. The molecule has 114 valence electrons. The summed E-state index contributed by atoms with van der Waals surface area (Å²) in [5.41, 5.74) is 1.49. The van der Waals surface area contributed by atoms with Gasteiger partial charge in [0, 0.05) is 16.5 Å². The zero-order chi connectivity index (χ0) is 15.7. The molecule has 3 nitrogen and oxygen atoms in total. The molecule has 0 bridgehead atoms. The minimum absolute atomic E-state index is 0.321. The molecule has 22 heavy (non-hydrogen) atoms. The summed E-state index contributed by atoms with van der Waals surface area (Å²) >= 11 is 11.2. The molecule has 0 fully saturated rings. The van der Waals surface area contributed by atoms with Crippen molar-refractivity contribution in [3.05, 3.63) is 41.4 Å². The van der Waals surface area contributed by atoms with E-state index in [2.05, 4.69) is 0 Å². The molecule has 1 aromatic heterocycles. The molecule has 2 aromatic carbocycles. The van der Waals surface area contributed by atoms with Crippen molar-refractivity contribution in [3.8, 4) is 5.75 Å². The van der Waals surface area contributed by atoms with Crippen LogP contribution in [0.15, 0.2) is 40.8 Å². The van der Waals surface area contributed by atoms with Crippen molar-refractivity contribution in [2.45, 2.75) is 20.0 Å². The molecule has 3 aromatic rings. The van der Waals surface area contributed by atoms with Crippen LogP contribution in [0, 0.1) is 0 Å². The molecular formula is C17H15ClO3S. The highest BCUT2D eigenvalue weighted by atomic mass is 35.5. The predicted molar refractivity (Wildman–Crippen MR) is 93.0 cm³/mol. The Kier molecular flexibility index (Phi) is 4.23. The lowest BCUT2D eigenvalue weighted by Crippen LogP contribution is -2.24. The smallest absolute Gasteiger partial charge is 0.200 e. The molecule has 0 saturated carbocycles. The number of hydrogen-bond acceptors (Lipinski definition) is 4. The van der Waals surface area contributed by atoms with Gasteiger partial charge in [-0.3, -0.25) is 0 Å². The molecule has 0 radical (unpaired) electrons. The van der Waals surface area contributed by atoms with E-state index in [1.165, 1.54) is 0 Å². The van der Waals surface area contributed by atoms with E-state index in [1.54, 1.807) is 6.07 Å². The number of ether oxygens (including phenoxy) is 2. The van der Waals surface area contributed by atoms with Crippen molar-refractivity contribution in [1.29, 1.82) is 0 Å². The largest absolute Gasteiger partial charge is 0.484 e. The van der Waals surface area contributed by atoms with Crippen LogP contribution in [-0.4, -0.2) is 17.8 Å². The summed E-state index contributed by atoms with van der Waals surface area (Å²) in [6.07, 6.45) is -0.321. The van der Waals surface area contributed by atoms with E-state index in [1.807, 2.05) is 44.2 Å². The molecule has 1 atom stereocenters. The second-order valence-electron chi connectivity index (χ2n) is 4.88. The molecule has 1 unspecified atom stereocenters. The maximum absolute atomic E-state index is 6.02. The van der Waals surface area contributed by atoms with Gasteiger partial charge in [-0.2, -0.15) is 0 Å². The topological polar surface area (TPSA) is 31.6 Å². The third kappa shape index (κ3) is 2.76. The molecule has 0 saturated heterocycles. The average molecular weight is 335 g/mol. The van der Waals surface area contributed by atoms with Crippen molar-refractivity contribution < 1.29 is 13.9 Å². The summed E-state index contributed by atoms with van der Waals surface area (Å²) in [5, 5.41) is 2.96. The highest BCUT2D eigenvalue weighted by molar-refractivity contribution is 7.80. The van der Waals surface area contributed by atoms with Crippen molar-refractivity contribution in [3.63, 3.8) is 0 Å². The van der Waals surface area contributed by atoms with Crippen LogP contribution in [0.4, 0.5) is 0 Å². The standard InChI is InChI=1S/C17H15ClO3S/c1-3-19-17(22)10(2)20-13-5-4-6-14-16(13)12-8-7-11(18)9-15(12)21-14/h4-10H,3H2,1-2H3. The van der Waals surface area contributed by atoms with E-state index in [0.29, 0.717) is 22.4 Å². The van der Waals surface area contributed by atoms with Gasteiger partial charge in [0.1, 0.15) is 16.9 Å². The zero-order valence-corrected chi connectivity index (χ0v) is 13.8. The molecule has 0 N–H and O–H groups in total. The lowest BCUT2D eigenvalue weighted by atomic mass is 10.1. The van der Waals surface area contributed by atoms with E-state index < -0.39 is 0 Å². The molecule has 3 rings (SSSR count). The maximum Gasteiger partial charge on any atom is 0.200 e. The number of benzene rings is 2. The van der Waals surface area contributed by atoms with Crippen LogP contribution >= 0.6 is 23.8 Å². The summed E-state index contributed by atoms with van der Waals surface area (Å²) < 4.78 is 17.2. The lowest BCUT2D eigenvalue weighted by Gasteiger charge is -2.16. The molecule has 0 amide bonds. The van der Waals surface area contributed by atoms with E-state index in [0.717, 1.165) is 21.9 Å². The van der Waals surface area contributed by atoms with Crippen LogP contribution in [-0.2, 0) is 4.74 Å². The number of thiocarbonyl (C=S) groups is 1. The average Bonchev–Trinajstić information content (AvgIpc) is 2.85. The van der Waals surface area contributed by atoms with Crippen LogP contribution < -0.4 is 4.74 Å². The highest BCUT2D eigenvalue weighted by Gasteiger charge is 2.17. The van der Waals surface area contributed by atoms with Crippen LogP contribution in [0.1, 0.15) is 13.8 Å². The molecule has 0 aliphatic heterocycles. The fourth-order valence-electron chi connectivity index (χ4n) is 2.36. The number of rotatable bonds is 4. The fraction of sp³-hybridized carbons (Fsp3) is 0.235. The second-order valence-corrected chi connectivity index (χ2v) is 5.72. The predicted octanol–water partition coefficient (Wildman–Crippen LogP) is 5.37. The van der Waals surface area contributed by atoms with Gasteiger partial charge in [-0.25, -0.2) is 0 Å². The number of halogens is 1. The molecule has 5 heteroatoms. The zero-order valence-electron chi connectivity index (χ0n) is 12.3. The maximum atomic E-state index is 6.02. The lowest BCUT2D eigenvalue weighted by molar-refractivity contribution is 0.232. The van der Waals surface area contributed by atoms with Gasteiger partial charge in [0.2, 0.25) is 5.05 Å². The normalized spacial score (nSPS) is 12.5. The molecule has 0 aliphatic carbocycles. The van der Waals surface area contributed by atoms with E-state index >= 15 is 0 Å². The molecule has 1 heterocycles. The van der Waals surface area contributed by atoms with Gasteiger partial charge >= 0.3 is 0 Å². The van der Waals surface area contributed by atoms with E-state index in [4.69, 9.17) is 37.7 Å². The SMILES string of the molecule is CCOC(=S)C(C)Oc1cccc2oc3cc(Cl)ccc3c12. The Morgan fingerprint density at radius 2 is 2.09 bits per heavy atom. The first-order chi connectivity index (χ1) is 10.6. The van der Waals surface area contributed by atoms with Gasteiger partial charge in [0.05, 0.1) is 12.0 Å². The minimum Gasteiger partial charge on any atom is -0.484 e. The van der Waals surface area contributed by atoms with Gasteiger partial charge in [-0.1, -0.05) is 17.7 Å². The first-order valence-corrected chi connectivity index (χ1v) is 7.83. The van der Waals surface area contributed by atoms with Crippen LogP contribution in [0.3, 0.4) is 0 Å². The van der Waals surface area contributed by atoms with E-state index in [-0.39, 0.29) is 6.10 Å². The molecule has 0 aliphatic rings. The van der Waals surface area contributed by atoms with Crippen molar-refractivity contribution >= 4 is 50.8 Å². The van der Waals surface area contributed by atoms with Gasteiger partial charge in [0.25, 0.3) is 0 Å². The number of furan rings is 1. The van der Waals surface area contributed by atoms with Crippen molar-refractivity contribution in [1.82, 2.24) is 0 Å². The van der Waals surface area contributed by atoms with Gasteiger partial charge in [0.15, 0.2) is 6.10 Å². The number of hydrogen-bond donors (Lipinski definition) is 0. The highest BCUT2D eigenvalue weighted by Crippen LogP contribution is 2.36. The fourth-order valence-corrected chi connectivity index (χ4v) is 2.69.